The maximum Gasteiger partial charge on any atom is 0.243 e. The highest BCUT2D eigenvalue weighted by atomic mass is 32.2. The van der Waals surface area contributed by atoms with Gasteiger partial charge in [-0.05, 0) is 48.6 Å². The van der Waals surface area contributed by atoms with Gasteiger partial charge >= 0.3 is 0 Å². The number of aryl methyl sites for hydroxylation is 1. The Labute approximate surface area is 244 Å². The van der Waals surface area contributed by atoms with Gasteiger partial charge in [0.25, 0.3) is 0 Å². The van der Waals surface area contributed by atoms with Crippen molar-refractivity contribution in [3.63, 3.8) is 0 Å². The van der Waals surface area contributed by atoms with Gasteiger partial charge in [-0.2, -0.15) is 0 Å². The van der Waals surface area contributed by atoms with Gasteiger partial charge in [-0.15, -0.1) is 0 Å². The van der Waals surface area contributed by atoms with Crippen LogP contribution in [-0.2, 0) is 32.6 Å². The lowest BCUT2D eigenvalue weighted by molar-refractivity contribution is -0.141. The molecule has 0 bridgehead atoms. The molecule has 220 valence electrons. The zero-order valence-electron chi connectivity index (χ0n) is 24.4. The molecule has 0 spiro atoms. The fourth-order valence-corrected chi connectivity index (χ4v) is 5.62. The van der Waals surface area contributed by atoms with Crippen LogP contribution in [0.25, 0.3) is 0 Å². The number of anilines is 1. The average molecular weight is 580 g/mol. The third-order valence-electron chi connectivity index (χ3n) is 6.92. The average Bonchev–Trinajstić information content (AvgIpc) is 2.96. The van der Waals surface area contributed by atoms with Crippen LogP contribution in [0.15, 0.2) is 78.9 Å². The lowest BCUT2D eigenvalue weighted by atomic mass is 10.0. The second kappa shape index (κ2) is 15.2. The summed E-state index contributed by atoms with van der Waals surface area (Å²) in [6, 6.07) is 23.6. The van der Waals surface area contributed by atoms with Gasteiger partial charge in [0.2, 0.25) is 21.8 Å². The van der Waals surface area contributed by atoms with Crippen LogP contribution in [0.3, 0.4) is 0 Å². The third kappa shape index (κ3) is 9.35. The van der Waals surface area contributed by atoms with Gasteiger partial charge in [0.1, 0.15) is 11.8 Å². The summed E-state index contributed by atoms with van der Waals surface area (Å²) in [5.41, 5.74) is 3.40. The molecule has 0 saturated carbocycles. The number of sulfonamides is 1. The molecule has 3 aromatic carbocycles. The van der Waals surface area contributed by atoms with Crippen molar-refractivity contribution in [3.8, 4) is 5.75 Å². The molecule has 0 aliphatic rings. The van der Waals surface area contributed by atoms with Crippen molar-refractivity contribution in [1.29, 1.82) is 0 Å². The largest absolute Gasteiger partial charge is 0.497 e. The second-order valence-corrected chi connectivity index (χ2v) is 12.0. The molecular weight excluding hydrogens is 538 g/mol. The lowest BCUT2D eigenvalue weighted by Crippen LogP contribution is -2.50. The van der Waals surface area contributed by atoms with Crippen LogP contribution >= 0.6 is 0 Å². The highest BCUT2D eigenvalue weighted by molar-refractivity contribution is 7.92. The SMILES string of the molecule is CCCNC(=O)[C@@H](Cc1ccccc1)N(Cc1ccccc1C)C(=O)CCCN(c1cccc(OC)c1)S(C)(=O)=O. The maximum absolute atomic E-state index is 13.9. The Hall–Kier alpha value is -3.85. The van der Waals surface area contributed by atoms with Crippen LogP contribution in [0.5, 0.6) is 5.75 Å². The van der Waals surface area contributed by atoms with E-state index in [9.17, 15) is 18.0 Å². The van der Waals surface area contributed by atoms with Crippen molar-refractivity contribution in [1.82, 2.24) is 10.2 Å². The van der Waals surface area contributed by atoms with Crippen LogP contribution in [0.4, 0.5) is 5.69 Å². The molecule has 0 heterocycles. The molecule has 0 saturated heterocycles. The van der Waals surface area contributed by atoms with Gasteiger partial charge in [-0.1, -0.05) is 67.6 Å². The summed E-state index contributed by atoms with van der Waals surface area (Å²) in [4.78, 5) is 29.0. The minimum absolute atomic E-state index is 0.0776. The number of nitrogens with one attached hydrogen (secondary N) is 1. The zero-order chi connectivity index (χ0) is 29.8. The van der Waals surface area contributed by atoms with Gasteiger partial charge in [0.15, 0.2) is 0 Å². The zero-order valence-corrected chi connectivity index (χ0v) is 25.2. The van der Waals surface area contributed by atoms with E-state index in [1.54, 1.807) is 29.2 Å². The number of ether oxygens (including phenoxy) is 1. The summed E-state index contributed by atoms with van der Waals surface area (Å²) >= 11 is 0. The summed E-state index contributed by atoms with van der Waals surface area (Å²) in [6.07, 6.45) is 2.65. The summed E-state index contributed by atoms with van der Waals surface area (Å²) < 4.78 is 31.9. The lowest BCUT2D eigenvalue weighted by Gasteiger charge is -2.32. The molecule has 0 fully saturated rings. The van der Waals surface area contributed by atoms with Gasteiger partial charge in [0.05, 0.1) is 19.1 Å². The van der Waals surface area contributed by atoms with Crippen molar-refractivity contribution >= 4 is 27.5 Å². The Morgan fingerprint density at radius 1 is 0.976 bits per heavy atom. The minimum Gasteiger partial charge on any atom is -0.497 e. The van der Waals surface area contributed by atoms with E-state index in [0.717, 1.165) is 29.4 Å². The van der Waals surface area contributed by atoms with E-state index in [1.165, 1.54) is 11.4 Å². The van der Waals surface area contributed by atoms with Crippen molar-refractivity contribution in [3.05, 3.63) is 95.6 Å². The van der Waals surface area contributed by atoms with E-state index in [1.807, 2.05) is 68.4 Å². The van der Waals surface area contributed by atoms with Gasteiger partial charge < -0.3 is 15.0 Å². The van der Waals surface area contributed by atoms with E-state index in [4.69, 9.17) is 4.74 Å². The normalized spacial score (nSPS) is 11.9. The summed E-state index contributed by atoms with van der Waals surface area (Å²) in [7, 11) is -2.09. The molecule has 0 radical (unpaired) electrons. The molecule has 41 heavy (non-hydrogen) atoms. The number of rotatable bonds is 15. The topological polar surface area (TPSA) is 96.0 Å². The van der Waals surface area contributed by atoms with E-state index in [2.05, 4.69) is 5.32 Å². The maximum atomic E-state index is 13.9. The monoisotopic (exact) mass is 579 g/mol. The van der Waals surface area contributed by atoms with Crippen LogP contribution in [0.1, 0.15) is 42.9 Å². The summed E-state index contributed by atoms with van der Waals surface area (Å²) in [5, 5.41) is 2.98. The second-order valence-electron chi connectivity index (χ2n) is 10.1. The van der Waals surface area contributed by atoms with E-state index in [0.29, 0.717) is 24.4 Å². The molecular formula is C32H41N3O5S. The van der Waals surface area contributed by atoms with Crippen molar-refractivity contribution in [2.24, 2.45) is 0 Å². The van der Waals surface area contributed by atoms with E-state index >= 15 is 0 Å². The first-order chi connectivity index (χ1) is 19.6. The quantitative estimate of drug-likeness (QED) is 0.281. The number of methoxy groups -OCH3 is 1. The molecule has 1 N–H and O–H groups in total. The first kappa shape index (κ1) is 31.7. The summed E-state index contributed by atoms with van der Waals surface area (Å²) in [6.45, 7) is 4.87. The molecule has 0 aliphatic carbocycles. The molecule has 1 atom stereocenters. The highest BCUT2D eigenvalue weighted by Crippen LogP contribution is 2.24. The molecule has 8 nitrogen and oxygen atoms in total. The van der Waals surface area contributed by atoms with Crippen LogP contribution in [-0.4, -0.2) is 57.6 Å². The van der Waals surface area contributed by atoms with E-state index < -0.39 is 16.1 Å². The van der Waals surface area contributed by atoms with E-state index in [-0.39, 0.29) is 37.7 Å². The number of hydrogen-bond donors (Lipinski definition) is 1. The smallest absolute Gasteiger partial charge is 0.243 e. The number of nitrogens with zero attached hydrogens (tertiary/aromatic N) is 2. The highest BCUT2D eigenvalue weighted by Gasteiger charge is 2.30. The van der Waals surface area contributed by atoms with Gasteiger partial charge in [-0.3, -0.25) is 13.9 Å². The third-order valence-corrected chi connectivity index (χ3v) is 8.11. The predicted octanol–water partition coefficient (Wildman–Crippen LogP) is 4.72. The fourth-order valence-electron chi connectivity index (χ4n) is 4.66. The first-order valence-corrected chi connectivity index (χ1v) is 15.8. The fraction of sp³-hybridized carbons (Fsp3) is 0.375. The van der Waals surface area contributed by atoms with Gasteiger partial charge in [-0.25, -0.2) is 8.42 Å². The standard InChI is InChI=1S/C32H41N3O5S/c1-5-20-33-32(37)30(22-26-14-7-6-8-15-26)34(24-27-16-10-9-13-25(27)2)31(36)19-12-21-35(41(4,38)39)28-17-11-18-29(23-28)40-3/h6-11,13-18,23,30H,5,12,19-22,24H2,1-4H3,(H,33,37)/t30-/m1/s1. The van der Waals surface area contributed by atoms with Crippen LogP contribution in [0.2, 0.25) is 0 Å². The molecule has 2 amide bonds. The number of benzene rings is 3. The molecule has 0 aromatic heterocycles. The molecule has 3 rings (SSSR count). The van der Waals surface area contributed by atoms with Gasteiger partial charge in [0, 0.05) is 38.5 Å². The summed E-state index contributed by atoms with van der Waals surface area (Å²) in [5.74, 6) is 0.130. The Bertz CT molecular complexity index is 1400. The molecule has 0 unspecified atom stereocenters. The number of amides is 2. The van der Waals surface area contributed by atoms with Crippen molar-refractivity contribution in [2.75, 3.05) is 30.8 Å². The van der Waals surface area contributed by atoms with Crippen molar-refractivity contribution < 1.29 is 22.7 Å². The Kier molecular flexibility index (Phi) is 11.8. The predicted molar refractivity (Wildman–Crippen MR) is 163 cm³/mol. The Morgan fingerprint density at radius 2 is 1.68 bits per heavy atom. The number of hydrogen-bond acceptors (Lipinski definition) is 5. The van der Waals surface area contributed by atoms with Crippen LogP contribution < -0.4 is 14.4 Å². The van der Waals surface area contributed by atoms with Crippen LogP contribution in [0, 0.1) is 6.92 Å². The Balaban J connectivity index is 1.88. The molecule has 3 aromatic rings. The van der Waals surface area contributed by atoms with Crippen molar-refractivity contribution in [2.45, 2.75) is 52.1 Å². The Morgan fingerprint density at radius 3 is 2.34 bits per heavy atom. The molecule has 0 aliphatic heterocycles. The molecule has 9 heteroatoms. The number of carbonyl (C=O) groups excluding carboxylic acids is 2. The first-order valence-electron chi connectivity index (χ1n) is 13.9. The number of carbonyl (C=O) groups is 2. The minimum atomic E-state index is -3.61.